The zero-order valence-corrected chi connectivity index (χ0v) is 30.8. The minimum absolute atomic E-state index is 0.618. The first kappa shape index (κ1) is 31.7. The number of pyridine rings is 2. The number of rotatable bonds is 2. The van der Waals surface area contributed by atoms with Gasteiger partial charge in [-0.25, -0.2) is 0 Å². The zero-order valence-electron chi connectivity index (χ0n) is 30.0. The van der Waals surface area contributed by atoms with Crippen molar-refractivity contribution in [1.82, 2.24) is 14.5 Å². The van der Waals surface area contributed by atoms with Crippen LogP contribution >= 0.6 is 11.8 Å². The maximum Gasteiger partial charge on any atom is 0.132 e. The summed E-state index contributed by atoms with van der Waals surface area (Å²) in [7, 11) is 0. The van der Waals surface area contributed by atoms with Gasteiger partial charge in [0.2, 0.25) is 0 Å². The van der Waals surface area contributed by atoms with E-state index < -0.39 is 5.41 Å². The summed E-state index contributed by atoms with van der Waals surface area (Å²) in [5.74, 6) is 1.56. The van der Waals surface area contributed by atoms with Gasteiger partial charge < -0.3 is 14.2 Å². The van der Waals surface area contributed by atoms with Crippen LogP contribution in [0.2, 0.25) is 0 Å². The number of hydrogen-bond acceptors (Lipinski definition) is 7. The Kier molecular flexibility index (Phi) is 6.49. The number of nitrogens with zero attached hydrogens (tertiary/aromatic N) is 6. The van der Waals surface area contributed by atoms with Crippen molar-refractivity contribution in [1.29, 1.82) is 10.5 Å². The summed E-state index contributed by atoms with van der Waals surface area (Å²) >= 11 is 1.67. The summed E-state index contributed by atoms with van der Waals surface area (Å²) in [4.78, 5) is 15.0. The Balaban J connectivity index is 1.16. The molecule has 8 heteroatoms. The van der Waals surface area contributed by atoms with E-state index in [1.165, 1.54) is 0 Å². The lowest BCUT2D eigenvalue weighted by Crippen LogP contribution is -2.32. The van der Waals surface area contributed by atoms with Gasteiger partial charge in [-0.3, -0.25) is 9.97 Å². The van der Waals surface area contributed by atoms with Crippen LogP contribution in [0.15, 0.2) is 168 Å². The van der Waals surface area contributed by atoms with E-state index in [4.69, 9.17) is 14.7 Å². The van der Waals surface area contributed by atoms with Crippen molar-refractivity contribution >= 4 is 50.6 Å². The van der Waals surface area contributed by atoms with Crippen molar-refractivity contribution < 1.29 is 4.74 Å². The molecule has 1 spiro atoms. The van der Waals surface area contributed by atoms with Gasteiger partial charge in [-0.15, -0.1) is 0 Å². The van der Waals surface area contributed by atoms with Gasteiger partial charge in [-0.1, -0.05) is 78.5 Å². The summed E-state index contributed by atoms with van der Waals surface area (Å²) in [6.07, 6.45) is 3.89. The molecular weight excluding hydrogens is 721 g/mol. The fourth-order valence-electron chi connectivity index (χ4n) is 9.25. The lowest BCUT2D eigenvalue weighted by atomic mass is 9.66. The third kappa shape index (κ3) is 4.25. The van der Waals surface area contributed by atoms with E-state index in [0.717, 1.165) is 99.5 Å². The minimum Gasteiger partial charge on any atom is -0.457 e. The predicted octanol–water partition coefficient (Wildman–Crippen LogP) is 11.7. The SMILES string of the molecule is N#Cc1ccc2c(c1)Sc1ccccc1N2c1cnc2c(c1)C1(c3ccccc3Oc3ccccc31)c1cc(-n3c4ccccc4c4cc(C#N)ccc43)cnc1-2. The molecule has 6 aromatic carbocycles. The van der Waals surface area contributed by atoms with Crippen LogP contribution < -0.4 is 9.64 Å². The average molecular weight is 747 g/mol. The fourth-order valence-corrected chi connectivity index (χ4v) is 10.3. The number of ether oxygens (including phenoxy) is 1. The summed E-state index contributed by atoms with van der Waals surface area (Å²) in [6.45, 7) is 0. The predicted molar refractivity (Wildman–Crippen MR) is 222 cm³/mol. The molecule has 7 nitrogen and oxygen atoms in total. The highest BCUT2D eigenvalue weighted by Crippen LogP contribution is 2.62. The smallest absolute Gasteiger partial charge is 0.132 e. The third-order valence-electron chi connectivity index (χ3n) is 11.6. The molecule has 0 radical (unpaired) electrons. The van der Waals surface area contributed by atoms with E-state index >= 15 is 0 Å². The van der Waals surface area contributed by atoms with Gasteiger partial charge in [0, 0.05) is 42.8 Å². The van der Waals surface area contributed by atoms with Crippen LogP contribution in [0.3, 0.4) is 0 Å². The molecule has 0 N–H and O–H groups in total. The Bertz CT molecular complexity index is 3270. The van der Waals surface area contributed by atoms with Gasteiger partial charge in [0.15, 0.2) is 0 Å². The number of benzene rings is 6. The van der Waals surface area contributed by atoms with Crippen molar-refractivity contribution in [2.45, 2.75) is 15.2 Å². The quantitative estimate of drug-likeness (QED) is 0.174. The van der Waals surface area contributed by atoms with E-state index in [2.05, 4.69) is 94.4 Å². The molecule has 3 aliphatic rings. The summed E-state index contributed by atoms with van der Waals surface area (Å²) in [6, 6.07) is 54.3. The molecule has 0 unspecified atom stereocenters. The van der Waals surface area contributed by atoms with Gasteiger partial charge in [-0.05, 0) is 78.9 Å². The lowest BCUT2D eigenvalue weighted by molar-refractivity contribution is 0.436. The van der Waals surface area contributed by atoms with Crippen LogP contribution in [0, 0.1) is 22.7 Å². The van der Waals surface area contributed by atoms with Crippen molar-refractivity contribution in [2.24, 2.45) is 0 Å². The van der Waals surface area contributed by atoms with E-state index in [0.29, 0.717) is 11.1 Å². The second kappa shape index (κ2) is 11.7. The van der Waals surface area contributed by atoms with Crippen LogP contribution in [0.4, 0.5) is 17.1 Å². The number of nitriles is 2. The van der Waals surface area contributed by atoms with Crippen LogP contribution in [-0.4, -0.2) is 14.5 Å². The van der Waals surface area contributed by atoms with Crippen molar-refractivity contribution in [3.8, 4) is 40.7 Å². The Morgan fingerprint density at radius 3 is 1.89 bits per heavy atom. The number of para-hydroxylation sites is 4. The van der Waals surface area contributed by atoms with Crippen LogP contribution in [0.25, 0.3) is 38.9 Å². The second-order valence-corrected chi connectivity index (χ2v) is 15.5. The van der Waals surface area contributed by atoms with Crippen LogP contribution in [-0.2, 0) is 5.41 Å². The Labute approximate surface area is 331 Å². The molecule has 3 aromatic heterocycles. The molecule has 0 saturated heterocycles. The molecular formula is C49H26N6OS. The molecule has 2 aliphatic heterocycles. The van der Waals surface area contributed by atoms with Gasteiger partial charge in [0.05, 0.1) is 86.2 Å². The standard InChI is InChI=1S/C49H26N6OS/c50-25-29-17-19-40-34(21-29)33-9-1-4-12-39(33)54(40)31-23-37-47(52-27-31)48-38(49(37)35-10-2-6-14-43(35)56-44-15-7-3-11-36(44)49)24-32(28-53-48)55-41-13-5-8-16-45(41)57-46-22-30(26-51)18-20-42(46)55/h1-24,27-28H. The number of aromatic nitrogens is 3. The lowest BCUT2D eigenvalue weighted by Gasteiger charge is -2.39. The van der Waals surface area contributed by atoms with E-state index in [1.807, 2.05) is 85.2 Å². The molecule has 0 saturated carbocycles. The van der Waals surface area contributed by atoms with Gasteiger partial charge in [-0.2, -0.15) is 10.5 Å². The largest absolute Gasteiger partial charge is 0.457 e. The molecule has 0 atom stereocenters. The summed E-state index contributed by atoms with van der Waals surface area (Å²) in [5.41, 5.74) is 11.9. The first-order valence-corrected chi connectivity index (χ1v) is 19.4. The highest BCUT2D eigenvalue weighted by molar-refractivity contribution is 7.99. The Morgan fingerprint density at radius 1 is 0.526 bits per heavy atom. The molecule has 1 aliphatic carbocycles. The number of fused-ring (bicyclic) bond motifs is 14. The minimum atomic E-state index is -0.841. The summed E-state index contributed by atoms with van der Waals surface area (Å²) in [5, 5.41) is 21.7. The monoisotopic (exact) mass is 746 g/mol. The average Bonchev–Trinajstić information content (AvgIpc) is 3.74. The molecule has 0 fully saturated rings. The third-order valence-corrected chi connectivity index (χ3v) is 12.7. The molecule has 5 heterocycles. The highest BCUT2D eigenvalue weighted by atomic mass is 32.2. The van der Waals surface area contributed by atoms with Gasteiger partial charge in [0.25, 0.3) is 0 Å². The summed E-state index contributed by atoms with van der Waals surface area (Å²) < 4.78 is 8.93. The maximum absolute atomic E-state index is 9.81. The van der Waals surface area contributed by atoms with Crippen molar-refractivity contribution in [3.63, 3.8) is 0 Å². The first-order chi connectivity index (χ1) is 28.1. The second-order valence-electron chi connectivity index (χ2n) is 14.4. The molecule has 9 aromatic rings. The number of hydrogen-bond donors (Lipinski definition) is 0. The van der Waals surface area contributed by atoms with Crippen molar-refractivity contribution in [2.75, 3.05) is 4.90 Å². The van der Waals surface area contributed by atoms with E-state index in [1.54, 1.807) is 11.8 Å². The topological polar surface area (TPSA) is 90.8 Å². The number of anilines is 3. The first-order valence-electron chi connectivity index (χ1n) is 18.6. The maximum atomic E-state index is 9.81. The van der Waals surface area contributed by atoms with Crippen LogP contribution in [0.1, 0.15) is 33.4 Å². The Hall–Kier alpha value is -7.65. The van der Waals surface area contributed by atoms with E-state index in [-0.39, 0.29) is 0 Å². The van der Waals surface area contributed by atoms with E-state index in [9.17, 15) is 10.5 Å². The molecule has 0 bridgehead atoms. The zero-order chi connectivity index (χ0) is 37.8. The molecule has 12 rings (SSSR count). The molecule has 57 heavy (non-hydrogen) atoms. The molecule has 0 amide bonds. The fraction of sp³-hybridized carbons (Fsp3) is 0.0204. The highest BCUT2D eigenvalue weighted by Gasteiger charge is 2.53. The van der Waals surface area contributed by atoms with Crippen molar-refractivity contribution in [3.05, 3.63) is 191 Å². The molecule has 264 valence electrons. The Morgan fingerprint density at radius 2 is 1.12 bits per heavy atom. The van der Waals surface area contributed by atoms with Gasteiger partial charge in [0.1, 0.15) is 11.5 Å². The van der Waals surface area contributed by atoms with Crippen LogP contribution in [0.5, 0.6) is 11.5 Å². The van der Waals surface area contributed by atoms with Gasteiger partial charge >= 0.3 is 0 Å². The normalized spacial score (nSPS) is 13.8.